The second-order valence-electron chi connectivity index (χ2n) is 6.22. The molecule has 1 aromatic rings. The minimum Gasteiger partial charge on any atom is -0.373 e. The lowest BCUT2D eigenvalue weighted by molar-refractivity contribution is -0.117. The molecule has 2 fully saturated rings. The first kappa shape index (κ1) is 16.4. The molecule has 2 atom stereocenters. The summed E-state index contributed by atoms with van der Waals surface area (Å²) < 4.78 is 32.6. The second-order valence-corrected chi connectivity index (χ2v) is 8.16. The normalized spacial score (nSPS) is 26.7. The van der Waals surface area contributed by atoms with Gasteiger partial charge in [-0.05, 0) is 44.5 Å². The van der Waals surface area contributed by atoms with Crippen LogP contribution in [0.5, 0.6) is 0 Å². The summed E-state index contributed by atoms with van der Waals surface area (Å²) in [4.78, 5) is 13.7. The van der Waals surface area contributed by atoms with Crippen molar-refractivity contribution in [3.8, 4) is 0 Å². The molecule has 3 rings (SSSR count). The van der Waals surface area contributed by atoms with Crippen LogP contribution in [-0.4, -0.2) is 50.5 Å². The number of carbonyl (C=O) groups is 1. The molecule has 7 heteroatoms. The van der Waals surface area contributed by atoms with Crippen LogP contribution in [0, 0.1) is 0 Å². The number of hydrogen-bond acceptors (Lipinski definition) is 4. The fraction of sp³-hybridized carbons (Fsp3) is 0.562. The maximum absolute atomic E-state index is 12.8. The van der Waals surface area contributed by atoms with Crippen LogP contribution in [-0.2, 0) is 19.6 Å². The SMILES string of the molecule is C[C@H]1CN(S(=O)(=O)c2ccc(N3CCCC3=O)cc2)C[C@H](C)O1. The van der Waals surface area contributed by atoms with Gasteiger partial charge in [0.05, 0.1) is 17.1 Å². The topological polar surface area (TPSA) is 66.9 Å². The van der Waals surface area contributed by atoms with Crippen LogP contribution in [0.1, 0.15) is 26.7 Å². The van der Waals surface area contributed by atoms with Crippen molar-refractivity contribution < 1.29 is 17.9 Å². The molecule has 2 aliphatic heterocycles. The lowest BCUT2D eigenvalue weighted by Crippen LogP contribution is -2.48. The third kappa shape index (κ3) is 3.27. The van der Waals surface area contributed by atoms with Crippen molar-refractivity contribution in [1.82, 2.24) is 4.31 Å². The summed E-state index contributed by atoms with van der Waals surface area (Å²) in [5.74, 6) is 0.0939. The molecule has 0 N–H and O–H groups in total. The molecule has 0 saturated carbocycles. The quantitative estimate of drug-likeness (QED) is 0.840. The highest BCUT2D eigenvalue weighted by Gasteiger charge is 2.32. The second kappa shape index (κ2) is 6.22. The predicted octanol–water partition coefficient (Wildman–Crippen LogP) is 1.61. The highest BCUT2D eigenvalue weighted by molar-refractivity contribution is 7.89. The summed E-state index contributed by atoms with van der Waals surface area (Å²) >= 11 is 0. The van der Waals surface area contributed by atoms with Crippen molar-refractivity contribution in [2.45, 2.75) is 43.8 Å². The Balaban J connectivity index is 1.81. The number of hydrogen-bond donors (Lipinski definition) is 0. The van der Waals surface area contributed by atoms with Crippen LogP contribution in [0.4, 0.5) is 5.69 Å². The maximum atomic E-state index is 12.8. The summed E-state index contributed by atoms with van der Waals surface area (Å²) in [6, 6.07) is 6.59. The Bertz CT molecular complexity index is 677. The first-order chi connectivity index (χ1) is 10.9. The third-order valence-electron chi connectivity index (χ3n) is 4.25. The Morgan fingerprint density at radius 3 is 2.22 bits per heavy atom. The molecule has 2 heterocycles. The van der Waals surface area contributed by atoms with Crippen molar-refractivity contribution in [3.63, 3.8) is 0 Å². The molecule has 0 bridgehead atoms. The molecule has 0 aliphatic carbocycles. The summed E-state index contributed by atoms with van der Waals surface area (Å²) in [6.07, 6.45) is 1.18. The van der Waals surface area contributed by atoms with Crippen LogP contribution in [0.15, 0.2) is 29.2 Å². The van der Waals surface area contributed by atoms with Gasteiger partial charge in [-0.2, -0.15) is 4.31 Å². The monoisotopic (exact) mass is 338 g/mol. The van der Waals surface area contributed by atoms with Gasteiger partial charge >= 0.3 is 0 Å². The highest BCUT2D eigenvalue weighted by atomic mass is 32.2. The summed E-state index contributed by atoms with van der Waals surface area (Å²) in [5, 5.41) is 0. The van der Waals surface area contributed by atoms with Gasteiger partial charge in [-0.15, -0.1) is 0 Å². The maximum Gasteiger partial charge on any atom is 0.243 e. The van der Waals surface area contributed by atoms with Crippen LogP contribution in [0.25, 0.3) is 0 Å². The largest absolute Gasteiger partial charge is 0.373 e. The number of benzene rings is 1. The Labute approximate surface area is 137 Å². The number of carbonyl (C=O) groups excluding carboxylic acids is 1. The number of ether oxygens (including phenoxy) is 1. The average Bonchev–Trinajstić information content (AvgIpc) is 2.92. The number of sulfonamides is 1. The molecule has 1 amide bonds. The van der Waals surface area contributed by atoms with E-state index in [0.29, 0.717) is 26.1 Å². The number of morpholine rings is 1. The zero-order chi connectivity index (χ0) is 16.6. The van der Waals surface area contributed by atoms with Gasteiger partial charge in [-0.1, -0.05) is 0 Å². The van der Waals surface area contributed by atoms with E-state index in [4.69, 9.17) is 4.74 Å². The van der Waals surface area contributed by atoms with E-state index in [-0.39, 0.29) is 23.0 Å². The number of nitrogens with zero attached hydrogens (tertiary/aromatic N) is 2. The Morgan fingerprint density at radius 2 is 1.70 bits per heavy atom. The summed E-state index contributed by atoms with van der Waals surface area (Å²) in [5.41, 5.74) is 0.759. The first-order valence-electron chi connectivity index (χ1n) is 7.94. The first-order valence-corrected chi connectivity index (χ1v) is 9.38. The minimum atomic E-state index is -3.53. The Morgan fingerprint density at radius 1 is 1.09 bits per heavy atom. The van der Waals surface area contributed by atoms with Gasteiger partial charge < -0.3 is 9.64 Å². The van der Waals surface area contributed by atoms with Gasteiger partial charge in [-0.25, -0.2) is 8.42 Å². The zero-order valence-corrected chi connectivity index (χ0v) is 14.3. The van der Waals surface area contributed by atoms with Crippen molar-refractivity contribution in [1.29, 1.82) is 0 Å². The molecule has 6 nitrogen and oxygen atoms in total. The van der Waals surface area contributed by atoms with E-state index in [0.717, 1.165) is 12.1 Å². The number of anilines is 1. The van der Waals surface area contributed by atoms with Crippen LogP contribution < -0.4 is 4.90 Å². The number of rotatable bonds is 3. The van der Waals surface area contributed by atoms with Crippen LogP contribution in [0.2, 0.25) is 0 Å². The van der Waals surface area contributed by atoms with Crippen molar-refractivity contribution in [2.75, 3.05) is 24.5 Å². The van der Waals surface area contributed by atoms with Crippen molar-refractivity contribution in [2.24, 2.45) is 0 Å². The van der Waals surface area contributed by atoms with E-state index in [1.165, 1.54) is 4.31 Å². The Kier molecular flexibility index (Phi) is 4.44. The Hall–Kier alpha value is -1.44. The van der Waals surface area contributed by atoms with Crippen LogP contribution in [0.3, 0.4) is 0 Å². The molecular formula is C16H22N2O4S. The lowest BCUT2D eigenvalue weighted by Gasteiger charge is -2.34. The highest BCUT2D eigenvalue weighted by Crippen LogP contribution is 2.25. The molecule has 0 aromatic heterocycles. The van der Waals surface area contributed by atoms with Gasteiger partial charge in [0.15, 0.2) is 0 Å². The van der Waals surface area contributed by atoms with Gasteiger partial charge in [0.25, 0.3) is 0 Å². The molecule has 2 saturated heterocycles. The minimum absolute atomic E-state index is 0.0939. The molecule has 0 unspecified atom stereocenters. The van der Waals surface area contributed by atoms with Gasteiger partial charge in [-0.3, -0.25) is 4.79 Å². The summed E-state index contributed by atoms with van der Waals surface area (Å²) in [6.45, 7) is 5.17. The summed E-state index contributed by atoms with van der Waals surface area (Å²) in [7, 11) is -3.53. The van der Waals surface area contributed by atoms with Gasteiger partial charge in [0.2, 0.25) is 15.9 Å². The molecule has 1 aromatic carbocycles. The fourth-order valence-electron chi connectivity index (χ4n) is 3.20. The zero-order valence-electron chi connectivity index (χ0n) is 13.4. The van der Waals surface area contributed by atoms with E-state index in [9.17, 15) is 13.2 Å². The molecule has 126 valence electrons. The molecule has 0 spiro atoms. The molecule has 2 aliphatic rings. The van der Waals surface area contributed by atoms with Gasteiger partial charge in [0, 0.05) is 31.7 Å². The number of amides is 1. The lowest BCUT2D eigenvalue weighted by atomic mass is 10.3. The predicted molar refractivity (Wildman–Crippen MR) is 86.8 cm³/mol. The van der Waals surface area contributed by atoms with E-state index < -0.39 is 10.0 Å². The van der Waals surface area contributed by atoms with E-state index in [2.05, 4.69) is 0 Å². The smallest absolute Gasteiger partial charge is 0.243 e. The molecular weight excluding hydrogens is 316 g/mol. The standard InChI is InChI=1S/C16H22N2O4S/c1-12-10-17(11-13(2)22-12)23(20,21)15-7-5-14(6-8-15)18-9-3-4-16(18)19/h5-8,12-13H,3-4,9-11H2,1-2H3/t12-,13-/m0/s1. The van der Waals surface area contributed by atoms with Crippen LogP contribution >= 0.6 is 0 Å². The van der Waals surface area contributed by atoms with E-state index in [1.807, 2.05) is 13.8 Å². The van der Waals surface area contributed by atoms with E-state index in [1.54, 1.807) is 29.2 Å². The average molecular weight is 338 g/mol. The third-order valence-corrected chi connectivity index (χ3v) is 6.09. The van der Waals surface area contributed by atoms with Crippen molar-refractivity contribution >= 4 is 21.6 Å². The van der Waals surface area contributed by atoms with E-state index >= 15 is 0 Å². The fourth-order valence-corrected chi connectivity index (χ4v) is 4.79. The van der Waals surface area contributed by atoms with Crippen molar-refractivity contribution in [3.05, 3.63) is 24.3 Å². The molecule has 0 radical (unpaired) electrons. The van der Waals surface area contributed by atoms with Gasteiger partial charge in [0.1, 0.15) is 0 Å². The molecule has 23 heavy (non-hydrogen) atoms.